The predicted octanol–water partition coefficient (Wildman–Crippen LogP) is 4.62. The first-order valence-electron chi connectivity index (χ1n) is 7.88. The molecule has 0 unspecified atom stereocenters. The zero-order chi connectivity index (χ0) is 18.7. The number of benzene rings is 1. The number of halogens is 2. The minimum atomic E-state index is -0.979. The smallest absolute Gasteiger partial charge is 0.340 e. The van der Waals surface area contributed by atoms with E-state index >= 15 is 0 Å². The average molecular weight is 383 g/mol. The molecule has 2 aromatic rings. The molecule has 0 fully saturated rings. The quantitative estimate of drug-likeness (QED) is 0.767. The van der Waals surface area contributed by atoms with Crippen molar-refractivity contribution >= 4 is 40.8 Å². The van der Waals surface area contributed by atoms with Crippen LogP contribution in [-0.4, -0.2) is 22.5 Å². The van der Waals surface area contributed by atoms with Gasteiger partial charge in [0.2, 0.25) is 0 Å². The van der Waals surface area contributed by atoms with Gasteiger partial charge in [0.15, 0.2) is 6.10 Å². The van der Waals surface area contributed by atoms with Gasteiger partial charge in [0.1, 0.15) is 0 Å². The molecule has 134 valence electrons. The molecular formula is C18H20Cl2N2O3. The third-order valence-corrected chi connectivity index (χ3v) is 4.51. The van der Waals surface area contributed by atoms with E-state index in [0.717, 1.165) is 17.9 Å². The van der Waals surface area contributed by atoms with Crippen molar-refractivity contribution in [3.63, 3.8) is 0 Å². The summed E-state index contributed by atoms with van der Waals surface area (Å²) >= 11 is 11.9. The van der Waals surface area contributed by atoms with E-state index in [9.17, 15) is 9.59 Å². The molecule has 1 heterocycles. The first-order valence-corrected chi connectivity index (χ1v) is 8.63. The number of amides is 1. The van der Waals surface area contributed by atoms with Crippen LogP contribution in [0.4, 0.5) is 5.69 Å². The molecule has 7 heteroatoms. The van der Waals surface area contributed by atoms with E-state index in [4.69, 9.17) is 27.9 Å². The Hall–Kier alpha value is -1.98. The Kier molecular flexibility index (Phi) is 6.14. The normalized spacial score (nSPS) is 11.9. The molecule has 0 spiro atoms. The number of nitrogens with zero attached hydrogens (tertiary/aromatic N) is 1. The Labute approximate surface area is 156 Å². The maximum Gasteiger partial charge on any atom is 0.340 e. The van der Waals surface area contributed by atoms with Gasteiger partial charge in [-0.05, 0) is 52.0 Å². The highest BCUT2D eigenvalue weighted by atomic mass is 35.5. The molecule has 0 aliphatic rings. The van der Waals surface area contributed by atoms with E-state index in [2.05, 4.69) is 5.32 Å². The number of esters is 1. The van der Waals surface area contributed by atoms with E-state index < -0.39 is 18.0 Å². The van der Waals surface area contributed by atoms with Crippen molar-refractivity contribution in [2.45, 2.75) is 40.3 Å². The summed E-state index contributed by atoms with van der Waals surface area (Å²) in [7, 11) is 0. The van der Waals surface area contributed by atoms with Gasteiger partial charge in [-0.25, -0.2) is 4.79 Å². The summed E-state index contributed by atoms with van der Waals surface area (Å²) in [5.74, 6) is -1.02. The van der Waals surface area contributed by atoms with Crippen molar-refractivity contribution < 1.29 is 14.3 Å². The highest BCUT2D eigenvalue weighted by molar-refractivity contribution is 6.35. The van der Waals surface area contributed by atoms with Crippen LogP contribution in [0.1, 0.15) is 35.6 Å². The molecule has 1 atom stereocenters. The number of aryl methyl sites for hydroxylation is 1. The van der Waals surface area contributed by atoms with Crippen molar-refractivity contribution in [1.29, 1.82) is 0 Å². The maximum atomic E-state index is 12.4. The van der Waals surface area contributed by atoms with Gasteiger partial charge in [0.25, 0.3) is 5.91 Å². The summed E-state index contributed by atoms with van der Waals surface area (Å²) in [6.07, 6.45) is -0.979. The molecular weight excluding hydrogens is 363 g/mol. The van der Waals surface area contributed by atoms with Gasteiger partial charge in [-0.3, -0.25) is 4.79 Å². The summed E-state index contributed by atoms with van der Waals surface area (Å²) < 4.78 is 7.30. The van der Waals surface area contributed by atoms with E-state index in [-0.39, 0.29) is 0 Å². The van der Waals surface area contributed by atoms with Crippen molar-refractivity contribution in [3.05, 3.63) is 51.3 Å². The second kappa shape index (κ2) is 7.93. The number of rotatable bonds is 5. The van der Waals surface area contributed by atoms with Crippen molar-refractivity contribution in [2.24, 2.45) is 0 Å². The zero-order valence-corrected chi connectivity index (χ0v) is 16.0. The molecule has 1 N–H and O–H groups in total. The van der Waals surface area contributed by atoms with Crippen LogP contribution < -0.4 is 5.32 Å². The van der Waals surface area contributed by atoms with Crippen molar-refractivity contribution in [2.75, 3.05) is 5.32 Å². The monoisotopic (exact) mass is 382 g/mol. The number of carbonyl (C=O) groups excluding carboxylic acids is 2. The van der Waals surface area contributed by atoms with Crippen LogP contribution in [0.2, 0.25) is 10.0 Å². The lowest BCUT2D eigenvalue weighted by Crippen LogP contribution is -2.30. The Morgan fingerprint density at radius 1 is 1.24 bits per heavy atom. The lowest BCUT2D eigenvalue weighted by atomic mass is 10.2. The molecule has 1 amide bonds. The van der Waals surface area contributed by atoms with Gasteiger partial charge in [-0.2, -0.15) is 0 Å². The van der Waals surface area contributed by atoms with Gasteiger partial charge >= 0.3 is 5.97 Å². The fourth-order valence-corrected chi connectivity index (χ4v) is 2.94. The van der Waals surface area contributed by atoms with Crippen LogP contribution in [0.25, 0.3) is 0 Å². The average Bonchev–Trinajstić information content (AvgIpc) is 2.84. The summed E-state index contributed by atoms with van der Waals surface area (Å²) in [6.45, 7) is 8.03. The molecule has 0 aliphatic carbocycles. The number of aromatic nitrogens is 1. The Bertz CT molecular complexity index is 815. The van der Waals surface area contributed by atoms with Crippen LogP contribution in [0.3, 0.4) is 0 Å². The van der Waals surface area contributed by atoms with E-state index in [1.54, 1.807) is 18.2 Å². The van der Waals surface area contributed by atoms with Crippen LogP contribution in [0, 0.1) is 13.8 Å². The highest BCUT2D eigenvalue weighted by Gasteiger charge is 2.23. The SMILES string of the molecule is CCn1c(C)cc(C(=O)O[C@H](C)C(=O)Nc2cc(Cl)ccc2Cl)c1C. The number of nitrogens with one attached hydrogen (secondary N) is 1. The predicted molar refractivity (Wildman–Crippen MR) is 99.5 cm³/mol. The molecule has 2 rings (SSSR count). The van der Waals surface area contributed by atoms with Gasteiger partial charge in [0, 0.05) is 23.0 Å². The number of hydrogen-bond donors (Lipinski definition) is 1. The Balaban J connectivity index is 2.08. The van der Waals surface area contributed by atoms with Gasteiger partial charge < -0.3 is 14.6 Å². The molecule has 25 heavy (non-hydrogen) atoms. The Morgan fingerprint density at radius 3 is 2.52 bits per heavy atom. The van der Waals surface area contributed by atoms with Gasteiger partial charge in [0.05, 0.1) is 16.3 Å². The number of hydrogen-bond acceptors (Lipinski definition) is 3. The summed E-state index contributed by atoms with van der Waals surface area (Å²) in [4.78, 5) is 24.6. The molecule has 0 saturated carbocycles. The molecule has 0 bridgehead atoms. The summed E-state index contributed by atoms with van der Waals surface area (Å²) in [5, 5.41) is 3.40. The molecule has 1 aromatic carbocycles. The van der Waals surface area contributed by atoms with E-state index in [1.165, 1.54) is 13.0 Å². The molecule has 0 radical (unpaired) electrons. The third kappa shape index (κ3) is 4.35. The van der Waals surface area contributed by atoms with Crippen molar-refractivity contribution in [1.82, 2.24) is 4.57 Å². The summed E-state index contributed by atoms with van der Waals surface area (Å²) in [6, 6.07) is 6.49. The first kappa shape index (κ1) is 19.3. The van der Waals surface area contributed by atoms with Gasteiger partial charge in [-0.15, -0.1) is 0 Å². The summed E-state index contributed by atoms with van der Waals surface area (Å²) in [5.41, 5.74) is 2.61. The van der Waals surface area contributed by atoms with Crippen LogP contribution in [0.15, 0.2) is 24.3 Å². The van der Waals surface area contributed by atoms with E-state index in [0.29, 0.717) is 21.3 Å². The minimum absolute atomic E-state index is 0.350. The molecule has 1 aromatic heterocycles. The fourth-order valence-electron chi connectivity index (χ4n) is 2.60. The molecule has 0 saturated heterocycles. The zero-order valence-electron chi connectivity index (χ0n) is 14.5. The second-order valence-electron chi connectivity index (χ2n) is 5.69. The maximum absolute atomic E-state index is 12.4. The third-order valence-electron chi connectivity index (χ3n) is 3.95. The van der Waals surface area contributed by atoms with Gasteiger partial charge in [-0.1, -0.05) is 23.2 Å². The van der Waals surface area contributed by atoms with E-state index in [1.807, 2.05) is 25.3 Å². The minimum Gasteiger partial charge on any atom is -0.449 e. The van der Waals surface area contributed by atoms with Crippen LogP contribution in [-0.2, 0) is 16.1 Å². The molecule has 5 nitrogen and oxygen atoms in total. The highest BCUT2D eigenvalue weighted by Crippen LogP contribution is 2.25. The molecule has 0 aliphatic heterocycles. The van der Waals surface area contributed by atoms with Crippen LogP contribution >= 0.6 is 23.2 Å². The first-order chi connectivity index (χ1) is 11.7. The largest absolute Gasteiger partial charge is 0.449 e. The van der Waals surface area contributed by atoms with Crippen LogP contribution in [0.5, 0.6) is 0 Å². The number of carbonyl (C=O) groups is 2. The fraction of sp³-hybridized carbons (Fsp3) is 0.333. The number of anilines is 1. The second-order valence-corrected chi connectivity index (χ2v) is 6.53. The lowest BCUT2D eigenvalue weighted by molar-refractivity contribution is -0.123. The number of ether oxygens (including phenoxy) is 1. The standard InChI is InChI=1S/C18H20Cl2N2O3/c1-5-22-10(2)8-14(11(22)3)18(24)25-12(4)17(23)21-16-9-13(19)6-7-15(16)20/h6-9,12H,5H2,1-4H3,(H,21,23)/t12-/m1/s1. The topological polar surface area (TPSA) is 60.3 Å². The Morgan fingerprint density at radius 2 is 1.92 bits per heavy atom. The van der Waals surface area contributed by atoms with Crippen molar-refractivity contribution in [3.8, 4) is 0 Å². The lowest BCUT2D eigenvalue weighted by Gasteiger charge is -2.14.